The Labute approximate surface area is 111 Å². The fraction of sp³-hybridized carbons (Fsp3) is 0.267. The zero-order chi connectivity index (χ0) is 13.7. The second-order valence-corrected chi connectivity index (χ2v) is 4.40. The summed E-state index contributed by atoms with van der Waals surface area (Å²) in [6, 6.07) is 7.77. The average Bonchev–Trinajstić information content (AvgIpc) is 2.46. The molecule has 0 spiro atoms. The van der Waals surface area contributed by atoms with Crippen molar-refractivity contribution in [2.24, 2.45) is 0 Å². The average molecular weight is 260 g/mol. The largest absolute Gasteiger partial charge is 0.489 e. The minimum absolute atomic E-state index is 0.0661. The van der Waals surface area contributed by atoms with Crippen molar-refractivity contribution in [2.45, 2.75) is 25.0 Å². The molecule has 1 aliphatic heterocycles. The van der Waals surface area contributed by atoms with Crippen LogP contribution < -0.4 is 0 Å². The molecule has 0 saturated carbocycles. The van der Waals surface area contributed by atoms with Crippen molar-refractivity contribution in [1.82, 2.24) is 0 Å². The highest BCUT2D eigenvalue weighted by Gasteiger charge is 2.13. The van der Waals surface area contributed by atoms with Gasteiger partial charge in [0, 0.05) is 0 Å². The number of aliphatic carboxylic acids is 1. The number of rotatable bonds is 5. The molecule has 2 atom stereocenters. The molecule has 2 rings (SSSR count). The molecule has 0 amide bonds. The first-order valence-electron chi connectivity index (χ1n) is 6.15. The van der Waals surface area contributed by atoms with Gasteiger partial charge in [-0.2, -0.15) is 0 Å². The van der Waals surface area contributed by atoms with Gasteiger partial charge in [-0.3, -0.25) is 0 Å². The van der Waals surface area contributed by atoms with Gasteiger partial charge in [-0.1, -0.05) is 30.3 Å². The standard InChI is InChI=1S/C15H16O4/c16-13(15(17)18)9-6-11-4-7-12(8-5-11)14-3-1-2-10-19-14/h1-5,7-8,10,13-14,16H,6,9H2,(H,17,18). The zero-order valence-electron chi connectivity index (χ0n) is 10.4. The minimum atomic E-state index is -1.30. The van der Waals surface area contributed by atoms with Gasteiger partial charge in [-0.15, -0.1) is 0 Å². The fourth-order valence-electron chi connectivity index (χ4n) is 1.88. The van der Waals surface area contributed by atoms with E-state index < -0.39 is 12.1 Å². The summed E-state index contributed by atoms with van der Waals surface area (Å²) in [5.41, 5.74) is 2.04. The molecule has 0 aliphatic carbocycles. The third kappa shape index (κ3) is 3.69. The Hall–Kier alpha value is -2.07. The summed E-state index contributed by atoms with van der Waals surface area (Å²) < 4.78 is 5.45. The minimum Gasteiger partial charge on any atom is -0.489 e. The number of allylic oxidation sites excluding steroid dienone is 2. The topological polar surface area (TPSA) is 66.8 Å². The van der Waals surface area contributed by atoms with E-state index in [1.165, 1.54) is 0 Å². The zero-order valence-corrected chi connectivity index (χ0v) is 10.4. The SMILES string of the molecule is O=C(O)C(O)CCc1ccc(C2C=CC=CO2)cc1. The van der Waals surface area contributed by atoms with E-state index in [2.05, 4.69) is 0 Å². The summed E-state index contributed by atoms with van der Waals surface area (Å²) in [6.45, 7) is 0. The number of benzene rings is 1. The second kappa shape index (κ2) is 6.20. The molecule has 0 radical (unpaired) electrons. The van der Waals surface area contributed by atoms with Crippen LogP contribution in [0.2, 0.25) is 0 Å². The number of carboxylic acid groups (broad SMARTS) is 1. The van der Waals surface area contributed by atoms with E-state index in [0.29, 0.717) is 6.42 Å². The Bertz CT molecular complexity index is 487. The summed E-state index contributed by atoms with van der Waals surface area (Å²) in [7, 11) is 0. The normalized spacial score (nSPS) is 18.9. The van der Waals surface area contributed by atoms with Crippen molar-refractivity contribution in [3.63, 3.8) is 0 Å². The Morgan fingerprint density at radius 1 is 1.26 bits per heavy atom. The van der Waals surface area contributed by atoms with Gasteiger partial charge in [-0.25, -0.2) is 4.79 Å². The van der Waals surface area contributed by atoms with Crippen LogP contribution in [0.4, 0.5) is 0 Å². The molecule has 19 heavy (non-hydrogen) atoms. The van der Waals surface area contributed by atoms with Gasteiger partial charge in [0.2, 0.25) is 0 Å². The van der Waals surface area contributed by atoms with E-state index in [-0.39, 0.29) is 12.5 Å². The number of hydrogen-bond acceptors (Lipinski definition) is 3. The Morgan fingerprint density at radius 2 is 2.00 bits per heavy atom. The first kappa shape index (κ1) is 13.4. The monoisotopic (exact) mass is 260 g/mol. The van der Waals surface area contributed by atoms with Crippen LogP contribution in [0.25, 0.3) is 0 Å². The quantitative estimate of drug-likeness (QED) is 0.851. The van der Waals surface area contributed by atoms with Crippen LogP contribution in [0.1, 0.15) is 23.7 Å². The third-order valence-corrected chi connectivity index (χ3v) is 3.00. The Balaban J connectivity index is 1.93. The number of aliphatic hydroxyl groups is 1. The van der Waals surface area contributed by atoms with Crippen molar-refractivity contribution in [1.29, 1.82) is 0 Å². The second-order valence-electron chi connectivity index (χ2n) is 4.40. The molecule has 4 heteroatoms. The summed E-state index contributed by atoms with van der Waals surface area (Å²) in [5.74, 6) is -1.18. The first-order valence-corrected chi connectivity index (χ1v) is 6.15. The van der Waals surface area contributed by atoms with E-state index in [9.17, 15) is 9.90 Å². The Morgan fingerprint density at radius 3 is 2.58 bits per heavy atom. The number of carbonyl (C=O) groups is 1. The van der Waals surface area contributed by atoms with Crippen molar-refractivity contribution in [2.75, 3.05) is 0 Å². The predicted molar refractivity (Wildman–Crippen MR) is 70.5 cm³/mol. The smallest absolute Gasteiger partial charge is 0.332 e. The number of aryl methyl sites for hydroxylation is 1. The van der Waals surface area contributed by atoms with Crippen LogP contribution in [0.3, 0.4) is 0 Å². The van der Waals surface area contributed by atoms with Gasteiger partial charge >= 0.3 is 5.97 Å². The highest BCUT2D eigenvalue weighted by atomic mass is 16.5. The molecule has 0 aromatic heterocycles. The molecule has 2 N–H and O–H groups in total. The van der Waals surface area contributed by atoms with Gasteiger partial charge in [0.1, 0.15) is 6.10 Å². The number of ether oxygens (including phenoxy) is 1. The molecular formula is C15H16O4. The number of aliphatic hydroxyl groups excluding tert-OH is 1. The third-order valence-electron chi connectivity index (χ3n) is 3.00. The van der Waals surface area contributed by atoms with E-state index in [4.69, 9.17) is 9.84 Å². The fourth-order valence-corrected chi connectivity index (χ4v) is 1.88. The summed E-state index contributed by atoms with van der Waals surface area (Å²) >= 11 is 0. The molecule has 2 unspecified atom stereocenters. The Kier molecular flexibility index (Phi) is 4.36. The lowest BCUT2D eigenvalue weighted by Crippen LogP contribution is -2.19. The van der Waals surface area contributed by atoms with Crippen molar-refractivity contribution in [3.05, 3.63) is 59.9 Å². The molecule has 1 aliphatic rings. The lowest BCUT2D eigenvalue weighted by atomic mass is 10.0. The summed E-state index contributed by atoms with van der Waals surface area (Å²) in [6.07, 6.45) is 6.78. The van der Waals surface area contributed by atoms with Crippen LogP contribution in [0, 0.1) is 0 Å². The lowest BCUT2D eigenvalue weighted by molar-refractivity contribution is -0.146. The van der Waals surface area contributed by atoms with E-state index in [1.807, 2.05) is 42.5 Å². The summed E-state index contributed by atoms with van der Waals surface area (Å²) in [4.78, 5) is 10.5. The van der Waals surface area contributed by atoms with Crippen LogP contribution in [-0.2, 0) is 16.0 Å². The van der Waals surface area contributed by atoms with Crippen molar-refractivity contribution < 1.29 is 19.7 Å². The van der Waals surface area contributed by atoms with E-state index in [1.54, 1.807) is 6.26 Å². The van der Waals surface area contributed by atoms with Crippen LogP contribution in [-0.4, -0.2) is 22.3 Å². The maximum Gasteiger partial charge on any atom is 0.332 e. The highest BCUT2D eigenvalue weighted by molar-refractivity contribution is 5.71. The molecule has 1 aromatic rings. The molecule has 1 aromatic carbocycles. The van der Waals surface area contributed by atoms with E-state index >= 15 is 0 Å². The van der Waals surface area contributed by atoms with Crippen LogP contribution in [0.5, 0.6) is 0 Å². The van der Waals surface area contributed by atoms with Gasteiger partial charge in [0.05, 0.1) is 6.26 Å². The predicted octanol–water partition coefficient (Wildman–Crippen LogP) is 2.21. The number of hydrogen-bond donors (Lipinski definition) is 2. The summed E-state index contributed by atoms with van der Waals surface area (Å²) in [5, 5.41) is 17.8. The highest BCUT2D eigenvalue weighted by Crippen LogP contribution is 2.22. The van der Waals surface area contributed by atoms with Crippen molar-refractivity contribution in [3.8, 4) is 0 Å². The van der Waals surface area contributed by atoms with Gasteiger partial charge in [0.15, 0.2) is 6.10 Å². The van der Waals surface area contributed by atoms with Crippen LogP contribution in [0.15, 0.2) is 48.8 Å². The van der Waals surface area contributed by atoms with E-state index in [0.717, 1.165) is 11.1 Å². The lowest BCUT2D eigenvalue weighted by Gasteiger charge is -2.15. The van der Waals surface area contributed by atoms with Gasteiger partial charge in [0.25, 0.3) is 0 Å². The van der Waals surface area contributed by atoms with Crippen LogP contribution >= 0.6 is 0 Å². The number of carboxylic acids is 1. The molecule has 0 saturated heterocycles. The molecule has 1 heterocycles. The first-order chi connectivity index (χ1) is 9.16. The maximum atomic E-state index is 10.5. The molecular weight excluding hydrogens is 244 g/mol. The van der Waals surface area contributed by atoms with Gasteiger partial charge < -0.3 is 14.9 Å². The van der Waals surface area contributed by atoms with Gasteiger partial charge in [-0.05, 0) is 36.1 Å². The molecule has 0 bridgehead atoms. The molecule has 4 nitrogen and oxygen atoms in total. The maximum absolute atomic E-state index is 10.5. The molecule has 100 valence electrons. The molecule has 0 fully saturated rings. The van der Waals surface area contributed by atoms with Crippen molar-refractivity contribution >= 4 is 5.97 Å².